The first-order chi connectivity index (χ1) is 10.6. The molecule has 0 spiro atoms. The molecule has 2 heterocycles. The van der Waals surface area contributed by atoms with Gasteiger partial charge in [0.2, 0.25) is 5.91 Å². The highest BCUT2D eigenvalue weighted by molar-refractivity contribution is 6.06. The van der Waals surface area contributed by atoms with Crippen LogP contribution in [-0.2, 0) is 4.79 Å². The first-order valence-corrected chi connectivity index (χ1v) is 6.92. The van der Waals surface area contributed by atoms with E-state index in [9.17, 15) is 9.59 Å². The quantitative estimate of drug-likeness (QED) is 0.795. The van der Waals surface area contributed by atoms with E-state index >= 15 is 0 Å². The van der Waals surface area contributed by atoms with Crippen molar-refractivity contribution in [3.63, 3.8) is 0 Å². The van der Waals surface area contributed by atoms with Crippen molar-refractivity contribution in [3.05, 3.63) is 42.2 Å². The van der Waals surface area contributed by atoms with Crippen LogP contribution in [0.1, 0.15) is 23.2 Å². The van der Waals surface area contributed by atoms with Crippen LogP contribution < -0.4 is 16.4 Å². The molecule has 0 bridgehead atoms. The molecule has 22 heavy (non-hydrogen) atoms. The minimum Gasteiger partial charge on any atom is -0.382 e. The zero-order valence-corrected chi connectivity index (χ0v) is 11.7. The molecule has 7 heteroatoms. The summed E-state index contributed by atoms with van der Waals surface area (Å²) in [7, 11) is 0. The molecule has 0 aromatic carbocycles. The number of pyridine rings is 2. The Bertz CT molecular complexity index is 727. The molecule has 1 fully saturated rings. The Morgan fingerprint density at radius 3 is 2.68 bits per heavy atom. The fourth-order valence-electron chi connectivity index (χ4n) is 1.93. The summed E-state index contributed by atoms with van der Waals surface area (Å²) in [6.45, 7) is 0. The molecule has 0 saturated heterocycles. The number of carbonyl (C=O) groups is 2. The lowest BCUT2D eigenvalue weighted by Crippen LogP contribution is -2.17. The van der Waals surface area contributed by atoms with E-state index < -0.39 is 0 Å². The molecular formula is C15H15N5O2. The summed E-state index contributed by atoms with van der Waals surface area (Å²) >= 11 is 0. The predicted molar refractivity (Wildman–Crippen MR) is 82.2 cm³/mol. The van der Waals surface area contributed by atoms with Crippen molar-refractivity contribution < 1.29 is 9.59 Å². The lowest BCUT2D eigenvalue weighted by atomic mass is 10.2. The van der Waals surface area contributed by atoms with E-state index in [1.807, 2.05) is 0 Å². The number of rotatable bonds is 4. The Kier molecular flexibility index (Phi) is 3.69. The van der Waals surface area contributed by atoms with Gasteiger partial charge in [-0.1, -0.05) is 0 Å². The summed E-state index contributed by atoms with van der Waals surface area (Å²) in [6.07, 6.45) is 4.84. The summed E-state index contributed by atoms with van der Waals surface area (Å²) in [5.74, 6) is 0.288. The second kappa shape index (κ2) is 5.80. The van der Waals surface area contributed by atoms with Crippen LogP contribution in [0.25, 0.3) is 0 Å². The molecule has 0 unspecified atom stereocenters. The molecule has 2 aromatic heterocycles. The highest BCUT2D eigenvalue weighted by atomic mass is 16.2. The van der Waals surface area contributed by atoms with E-state index in [1.165, 1.54) is 12.3 Å². The van der Waals surface area contributed by atoms with Crippen LogP contribution >= 0.6 is 0 Å². The minimum atomic E-state index is -0.343. The number of anilines is 3. The first-order valence-electron chi connectivity index (χ1n) is 6.92. The number of aromatic nitrogens is 2. The van der Waals surface area contributed by atoms with Crippen LogP contribution in [0.4, 0.5) is 17.3 Å². The highest BCUT2D eigenvalue weighted by Gasteiger charge is 2.29. The number of nitrogens with zero attached hydrogens (tertiary/aromatic N) is 2. The number of hydrogen-bond acceptors (Lipinski definition) is 5. The molecule has 0 radical (unpaired) electrons. The first kappa shape index (κ1) is 14.0. The van der Waals surface area contributed by atoms with Gasteiger partial charge < -0.3 is 16.4 Å². The van der Waals surface area contributed by atoms with Crippen LogP contribution in [0.5, 0.6) is 0 Å². The monoisotopic (exact) mass is 297 g/mol. The van der Waals surface area contributed by atoms with Crippen molar-refractivity contribution in [1.82, 2.24) is 9.97 Å². The standard InChI is InChI=1S/C15H15N5O2/c16-13-11(2-1-6-18-13)19-15(22)10-5-7-17-12(8-10)20-14(21)9-3-4-9/h1-2,5-9H,3-4H2,(H2,16,18)(H,19,22)(H,17,20,21). The van der Waals surface area contributed by atoms with Gasteiger partial charge >= 0.3 is 0 Å². The molecule has 0 aliphatic heterocycles. The zero-order valence-electron chi connectivity index (χ0n) is 11.7. The summed E-state index contributed by atoms with van der Waals surface area (Å²) in [4.78, 5) is 31.9. The summed E-state index contributed by atoms with van der Waals surface area (Å²) in [6, 6.07) is 6.44. The zero-order chi connectivity index (χ0) is 15.5. The van der Waals surface area contributed by atoms with E-state index in [0.29, 0.717) is 17.1 Å². The van der Waals surface area contributed by atoms with E-state index in [4.69, 9.17) is 5.73 Å². The Labute approximate surface area is 127 Å². The van der Waals surface area contributed by atoms with Crippen LogP contribution in [0.2, 0.25) is 0 Å². The SMILES string of the molecule is Nc1ncccc1NC(=O)c1ccnc(NC(=O)C2CC2)c1. The molecule has 1 aliphatic carbocycles. The van der Waals surface area contributed by atoms with E-state index in [0.717, 1.165) is 12.8 Å². The number of nitrogens with one attached hydrogen (secondary N) is 2. The van der Waals surface area contributed by atoms with Crippen molar-refractivity contribution in [3.8, 4) is 0 Å². The smallest absolute Gasteiger partial charge is 0.255 e. The largest absolute Gasteiger partial charge is 0.382 e. The number of nitrogen functional groups attached to an aromatic ring is 1. The highest BCUT2D eigenvalue weighted by Crippen LogP contribution is 2.30. The average molecular weight is 297 g/mol. The Balaban J connectivity index is 1.72. The second-order valence-electron chi connectivity index (χ2n) is 5.08. The fraction of sp³-hybridized carbons (Fsp3) is 0.200. The van der Waals surface area contributed by atoms with Crippen LogP contribution in [-0.4, -0.2) is 21.8 Å². The molecule has 4 N–H and O–H groups in total. The minimum absolute atomic E-state index is 0.0541. The number of nitrogens with two attached hydrogens (primary N) is 1. The molecule has 1 aliphatic rings. The van der Waals surface area contributed by atoms with Gasteiger partial charge in [0.05, 0.1) is 5.69 Å². The molecule has 112 valence electrons. The van der Waals surface area contributed by atoms with Gasteiger partial charge in [-0.3, -0.25) is 9.59 Å². The molecule has 2 aromatic rings. The molecule has 0 atom stereocenters. The van der Waals surface area contributed by atoms with Crippen molar-refractivity contribution in [1.29, 1.82) is 0 Å². The van der Waals surface area contributed by atoms with Gasteiger partial charge in [0.15, 0.2) is 0 Å². The van der Waals surface area contributed by atoms with Gasteiger partial charge in [-0.2, -0.15) is 0 Å². The van der Waals surface area contributed by atoms with Crippen molar-refractivity contribution >= 4 is 29.1 Å². The normalized spacial score (nSPS) is 13.5. The molecule has 1 saturated carbocycles. The topological polar surface area (TPSA) is 110 Å². The van der Waals surface area contributed by atoms with E-state index in [-0.39, 0.29) is 23.6 Å². The molecular weight excluding hydrogens is 282 g/mol. The summed E-state index contributed by atoms with van der Waals surface area (Å²) in [5.41, 5.74) is 6.50. The second-order valence-corrected chi connectivity index (χ2v) is 5.08. The summed E-state index contributed by atoms with van der Waals surface area (Å²) in [5, 5.41) is 5.38. The van der Waals surface area contributed by atoms with Gasteiger partial charge in [-0.25, -0.2) is 9.97 Å². The van der Waals surface area contributed by atoms with Gasteiger partial charge in [0.25, 0.3) is 5.91 Å². The van der Waals surface area contributed by atoms with Crippen molar-refractivity contribution in [2.45, 2.75) is 12.8 Å². The number of carbonyl (C=O) groups excluding carboxylic acids is 2. The maximum Gasteiger partial charge on any atom is 0.255 e. The maximum absolute atomic E-state index is 12.2. The fourth-order valence-corrected chi connectivity index (χ4v) is 1.93. The van der Waals surface area contributed by atoms with Crippen LogP contribution in [0.3, 0.4) is 0 Å². The van der Waals surface area contributed by atoms with Crippen molar-refractivity contribution in [2.24, 2.45) is 5.92 Å². The molecule has 7 nitrogen and oxygen atoms in total. The Morgan fingerprint density at radius 2 is 1.95 bits per heavy atom. The summed E-state index contributed by atoms with van der Waals surface area (Å²) < 4.78 is 0. The van der Waals surface area contributed by atoms with E-state index in [1.54, 1.807) is 24.4 Å². The van der Waals surface area contributed by atoms with Gasteiger partial charge in [0, 0.05) is 23.9 Å². The maximum atomic E-state index is 12.2. The van der Waals surface area contributed by atoms with Gasteiger partial charge in [0.1, 0.15) is 11.6 Å². The lowest BCUT2D eigenvalue weighted by Gasteiger charge is -2.08. The van der Waals surface area contributed by atoms with Crippen LogP contribution in [0, 0.1) is 5.92 Å². The molecule has 2 amide bonds. The van der Waals surface area contributed by atoms with Crippen molar-refractivity contribution in [2.75, 3.05) is 16.4 Å². The third-order valence-corrected chi connectivity index (χ3v) is 3.31. The third-order valence-electron chi connectivity index (χ3n) is 3.31. The van der Waals surface area contributed by atoms with Crippen LogP contribution in [0.15, 0.2) is 36.7 Å². The van der Waals surface area contributed by atoms with Gasteiger partial charge in [-0.05, 0) is 37.1 Å². The lowest BCUT2D eigenvalue weighted by molar-refractivity contribution is -0.117. The van der Waals surface area contributed by atoms with E-state index in [2.05, 4.69) is 20.6 Å². The predicted octanol–water partition coefficient (Wildman–Crippen LogP) is 1.66. The van der Waals surface area contributed by atoms with Gasteiger partial charge in [-0.15, -0.1) is 0 Å². The Hall–Kier alpha value is -2.96. The molecule has 3 rings (SSSR count). The number of amides is 2. The third kappa shape index (κ3) is 3.20. The number of hydrogen-bond donors (Lipinski definition) is 3. The average Bonchev–Trinajstić information content (AvgIpc) is 3.34. The Morgan fingerprint density at radius 1 is 1.14 bits per heavy atom.